The SMILES string of the molecule is Cc1nc(-c2cnccn2)sc1C(=O)N1CCC2(CCN(S(=O)(=O)c3cccs3)CC2)C1. The largest absolute Gasteiger partial charge is 0.337 e. The summed E-state index contributed by atoms with van der Waals surface area (Å²) in [7, 11) is -3.41. The summed E-state index contributed by atoms with van der Waals surface area (Å²) in [5.41, 5.74) is 1.36. The van der Waals surface area contributed by atoms with E-state index in [9.17, 15) is 13.2 Å². The van der Waals surface area contributed by atoms with Gasteiger partial charge in [0.2, 0.25) is 0 Å². The molecule has 168 valence electrons. The van der Waals surface area contributed by atoms with Gasteiger partial charge < -0.3 is 4.90 Å². The smallest absolute Gasteiger partial charge is 0.265 e. The van der Waals surface area contributed by atoms with Crippen LogP contribution in [-0.4, -0.2) is 64.7 Å². The second-order valence-electron chi connectivity index (χ2n) is 8.34. The summed E-state index contributed by atoms with van der Waals surface area (Å²) in [6.07, 6.45) is 7.32. The number of aryl methyl sites for hydroxylation is 1. The van der Waals surface area contributed by atoms with Gasteiger partial charge in [0.1, 0.15) is 19.8 Å². The summed E-state index contributed by atoms with van der Waals surface area (Å²) < 4.78 is 27.6. The number of amides is 1. The first kappa shape index (κ1) is 21.6. The zero-order valence-corrected chi connectivity index (χ0v) is 20.0. The lowest BCUT2D eigenvalue weighted by atomic mass is 9.78. The molecule has 2 aliphatic heterocycles. The molecule has 3 aromatic heterocycles. The number of thiazole rings is 1. The molecule has 2 saturated heterocycles. The van der Waals surface area contributed by atoms with Crippen LogP contribution in [0.1, 0.15) is 34.6 Å². The average Bonchev–Trinajstić information content (AvgIpc) is 3.55. The summed E-state index contributed by atoms with van der Waals surface area (Å²) in [4.78, 5) is 28.7. The minimum Gasteiger partial charge on any atom is -0.337 e. The van der Waals surface area contributed by atoms with Crippen LogP contribution in [0.15, 0.2) is 40.3 Å². The third kappa shape index (κ3) is 3.87. The maximum atomic E-state index is 13.3. The summed E-state index contributed by atoms with van der Waals surface area (Å²) >= 11 is 2.61. The van der Waals surface area contributed by atoms with E-state index >= 15 is 0 Å². The molecular formula is C21H23N5O3S3. The van der Waals surface area contributed by atoms with Gasteiger partial charge in [0.15, 0.2) is 0 Å². The number of carbonyl (C=O) groups is 1. The zero-order valence-electron chi connectivity index (χ0n) is 17.6. The normalized spacial score (nSPS) is 19.0. The monoisotopic (exact) mass is 489 g/mol. The molecule has 0 bridgehead atoms. The molecule has 11 heteroatoms. The molecule has 8 nitrogen and oxygen atoms in total. The molecule has 0 atom stereocenters. The minimum atomic E-state index is -3.41. The Morgan fingerprint density at radius 3 is 2.62 bits per heavy atom. The van der Waals surface area contributed by atoms with Crippen LogP contribution < -0.4 is 0 Å². The maximum Gasteiger partial charge on any atom is 0.265 e. The summed E-state index contributed by atoms with van der Waals surface area (Å²) in [6, 6.07) is 3.42. The number of hydrogen-bond donors (Lipinski definition) is 0. The zero-order chi connectivity index (χ0) is 22.3. The molecule has 0 unspecified atom stereocenters. The van der Waals surface area contributed by atoms with Crippen molar-refractivity contribution in [2.24, 2.45) is 5.41 Å². The lowest BCUT2D eigenvalue weighted by molar-refractivity contribution is 0.0754. The number of likely N-dealkylation sites (tertiary alicyclic amines) is 1. The van der Waals surface area contributed by atoms with E-state index in [2.05, 4.69) is 15.0 Å². The van der Waals surface area contributed by atoms with E-state index in [1.807, 2.05) is 11.8 Å². The second-order valence-corrected chi connectivity index (χ2v) is 12.4. The maximum absolute atomic E-state index is 13.3. The number of nitrogens with zero attached hydrogens (tertiary/aromatic N) is 5. The first-order chi connectivity index (χ1) is 15.4. The molecule has 2 fully saturated rings. The van der Waals surface area contributed by atoms with Gasteiger partial charge in [-0.25, -0.2) is 13.4 Å². The van der Waals surface area contributed by atoms with Crippen molar-refractivity contribution in [1.82, 2.24) is 24.2 Å². The van der Waals surface area contributed by atoms with Crippen molar-refractivity contribution in [3.05, 3.63) is 46.7 Å². The summed E-state index contributed by atoms with van der Waals surface area (Å²) in [6.45, 7) is 4.20. The number of thiophene rings is 1. The Hall–Kier alpha value is -2.21. The molecule has 0 aromatic carbocycles. The predicted molar refractivity (Wildman–Crippen MR) is 123 cm³/mol. The fourth-order valence-electron chi connectivity index (χ4n) is 4.51. The number of rotatable bonds is 4. The quantitative estimate of drug-likeness (QED) is 0.558. The van der Waals surface area contributed by atoms with Crippen LogP contribution >= 0.6 is 22.7 Å². The number of sulfonamides is 1. The highest BCUT2D eigenvalue weighted by molar-refractivity contribution is 7.91. The van der Waals surface area contributed by atoms with E-state index in [-0.39, 0.29) is 11.3 Å². The summed E-state index contributed by atoms with van der Waals surface area (Å²) in [5, 5.41) is 2.48. The van der Waals surface area contributed by atoms with Crippen LogP contribution in [-0.2, 0) is 10.0 Å². The Kier molecular flexibility index (Phi) is 5.60. The highest BCUT2D eigenvalue weighted by Crippen LogP contribution is 2.42. The molecule has 0 radical (unpaired) electrons. The van der Waals surface area contributed by atoms with Crippen molar-refractivity contribution in [3.63, 3.8) is 0 Å². The predicted octanol–water partition coefficient (Wildman–Crippen LogP) is 3.29. The third-order valence-corrected chi connectivity index (χ3v) is 10.8. The van der Waals surface area contributed by atoms with Crippen molar-refractivity contribution in [1.29, 1.82) is 0 Å². The molecule has 0 saturated carbocycles. The van der Waals surface area contributed by atoms with Crippen molar-refractivity contribution in [2.75, 3.05) is 26.2 Å². The number of piperidine rings is 1. The van der Waals surface area contributed by atoms with Gasteiger partial charge >= 0.3 is 0 Å². The number of carbonyl (C=O) groups excluding carboxylic acids is 1. The van der Waals surface area contributed by atoms with Crippen LogP contribution in [0.5, 0.6) is 0 Å². The Morgan fingerprint density at radius 1 is 1.16 bits per heavy atom. The Labute approximate surface area is 195 Å². The molecule has 5 rings (SSSR count). The van der Waals surface area contributed by atoms with E-state index < -0.39 is 10.0 Å². The van der Waals surface area contributed by atoms with Gasteiger partial charge in [-0.1, -0.05) is 6.07 Å². The van der Waals surface area contributed by atoms with Gasteiger partial charge in [-0.15, -0.1) is 22.7 Å². The second kappa shape index (κ2) is 8.29. The average molecular weight is 490 g/mol. The number of aromatic nitrogens is 3. The molecular weight excluding hydrogens is 466 g/mol. The molecule has 2 aliphatic rings. The molecule has 32 heavy (non-hydrogen) atoms. The van der Waals surface area contributed by atoms with Crippen molar-refractivity contribution < 1.29 is 13.2 Å². The molecule has 0 N–H and O–H groups in total. The molecule has 1 amide bonds. The highest BCUT2D eigenvalue weighted by atomic mass is 32.2. The first-order valence-electron chi connectivity index (χ1n) is 10.4. The van der Waals surface area contributed by atoms with Crippen LogP contribution in [0.4, 0.5) is 0 Å². The lowest BCUT2D eigenvalue weighted by Crippen LogP contribution is -2.44. The highest BCUT2D eigenvalue weighted by Gasteiger charge is 2.44. The van der Waals surface area contributed by atoms with E-state index in [0.717, 1.165) is 19.3 Å². The van der Waals surface area contributed by atoms with E-state index in [0.29, 0.717) is 51.7 Å². The van der Waals surface area contributed by atoms with Gasteiger partial charge in [-0.3, -0.25) is 14.8 Å². The fraction of sp³-hybridized carbons (Fsp3) is 0.429. The standard InChI is InChI=1S/C21H23N5O3S3/c1-15-18(31-19(24-15)16-13-22-7-8-23-16)20(27)25-9-4-21(14-25)5-10-26(11-6-21)32(28,29)17-3-2-12-30-17/h2-3,7-8,12-13H,4-6,9-11,14H2,1H3. The fourth-order valence-corrected chi connectivity index (χ4v) is 8.09. The first-order valence-corrected chi connectivity index (χ1v) is 13.6. The van der Waals surface area contributed by atoms with Crippen LogP contribution in [0.25, 0.3) is 10.7 Å². The van der Waals surface area contributed by atoms with Gasteiger partial charge in [-0.2, -0.15) is 4.31 Å². The van der Waals surface area contributed by atoms with Crippen LogP contribution in [0.3, 0.4) is 0 Å². The summed E-state index contributed by atoms with van der Waals surface area (Å²) in [5.74, 6) is 0.000604. The van der Waals surface area contributed by atoms with Crippen molar-refractivity contribution in [3.8, 4) is 10.7 Å². The van der Waals surface area contributed by atoms with E-state index in [1.165, 1.54) is 22.7 Å². The van der Waals surface area contributed by atoms with Gasteiger partial charge in [0, 0.05) is 38.6 Å². The van der Waals surface area contributed by atoms with Crippen LogP contribution in [0, 0.1) is 12.3 Å². The van der Waals surface area contributed by atoms with E-state index in [4.69, 9.17) is 0 Å². The number of hydrogen-bond acceptors (Lipinski definition) is 8. The van der Waals surface area contributed by atoms with E-state index in [1.54, 1.807) is 40.4 Å². The third-order valence-electron chi connectivity index (χ3n) is 6.37. The molecule has 0 aliphatic carbocycles. The Balaban J connectivity index is 1.26. The van der Waals surface area contributed by atoms with Gasteiger partial charge in [-0.05, 0) is 43.0 Å². The lowest BCUT2D eigenvalue weighted by Gasteiger charge is -2.38. The molecule has 5 heterocycles. The molecule has 1 spiro atoms. The minimum absolute atomic E-state index is 0.000604. The van der Waals surface area contributed by atoms with Crippen molar-refractivity contribution in [2.45, 2.75) is 30.4 Å². The van der Waals surface area contributed by atoms with Crippen molar-refractivity contribution >= 4 is 38.6 Å². The van der Waals surface area contributed by atoms with Crippen LogP contribution in [0.2, 0.25) is 0 Å². The van der Waals surface area contributed by atoms with Gasteiger partial charge in [0.25, 0.3) is 15.9 Å². The molecule has 3 aromatic rings. The topological polar surface area (TPSA) is 96.4 Å². The Morgan fingerprint density at radius 2 is 1.94 bits per heavy atom. The van der Waals surface area contributed by atoms with Gasteiger partial charge in [0.05, 0.1) is 11.9 Å². The Bertz CT molecular complexity index is 1220.